The first kappa shape index (κ1) is 38.3. The number of nitrogens with zero attached hydrogens (tertiary/aromatic N) is 2. The quantitative estimate of drug-likeness (QED) is 0.190. The molecule has 0 radical (unpaired) electrons. The van der Waals surface area contributed by atoms with Gasteiger partial charge in [-0.2, -0.15) is 0 Å². The van der Waals surface area contributed by atoms with Gasteiger partial charge in [0.1, 0.15) is 23.6 Å². The van der Waals surface area contributed by atoms with Crippen LogP contribution in [-0.2, 0) is 19.1 Å². The van der Waals surface area contributed by atoms with Gasteiger partial charge in [0.05, 0.1) is 18.2 Å². The van der Waals surface area contributed by atoms with Crippen molar-refractivity contribution in [2.75, 3.05) is 39.3 Å². The second-order valence-electron chi connectivity index (χ2n) is 15.1. The summed E-state index contributed by atoms with van der Waals surface area (Å²) in [6, 6.07) is 1.68. The van der Waals surface area contributed by atoms with E-state index in [4.69, 9.17) is 9.47 Å². The lowest BCUT2D eigenvalue weighted by Crippen LogP contribution is -2.69. The van der Waals surface area contributed by atoms with Crippen LogP contribution >= 0.6 is 0 Å². The molecule has 3 aliphatic heterocycles. The highest BCUT2D eigenvalue weighted by molar-refractivity contribution is 5.94. The molecule has 0 aromatic heterocycles. The molecule has 3 aliphatic rings. The fourth-order valence-electron chi connectivity index (χ4n) is 7.35. The Bertz CT molecular complexity index is 1390. The van der Waals surface area contributed by atoms with Crippen LogP contribution in [0.4, 0.5) is 4.79 Å². The third-order valence-electron chi connectivity index (χ3n) is 9.69. The molecule has 3 saturated heterocycles. The van der Waals surface area contributed by atoms with Crippen molar-refractivity contribution in [3.8, 4) is 5.75 Å². The van der Waals surface area contributed by atoms with E-state index in [1.165, 1.54) is 19.1 Å². The summed E-state index contributed by atoms with van der Waals surface area (Å²) in [6.07, 6.45) is -5.08. The average Bonchev–Trinajstić information content (AvgIpc) is 3.40. The summed E-state index contributed by atoms with van der Waals surface area (Å²) in [5.74, 6) is -2.48. The molecule has 0 saturated carbocycles. The zero-order valence-electron chi connectivity index (χ0n) is 29.2. The second-order valence-corrected chi connectivity index (χ2v) is 15.1. The van der Waals surface area contributed by atoms with Gasteiger partial charge in [-0.25, -0.2) is 9.59 Å². The Hall–Kier alpha value is -3.50. The summed E-state index contributed by atoms with van der Waals surface area (Å²) in [6.45, 7) is 11.2. The third-order valence-corrected chi connectivity index (χ3v) is 9.69. The molecule has 7 atom stereocenters. The Morgan fingerprint density at radius 1 is 1.08 bits per heavy atom. The van der Waals surface area contributed by atoms with Crippen molar-refractivity contribution in [2.45, 2.75) is 109 Å². The molecular formula is C34H52N4O11. The van der Waals surface area contributed by atoms with Crippen LogP contribution in [0.5, 0.6) is 5.75 Å². The van der Waals surface area contributed by atoms with Crippen molar-refractivity contribution in [1.82, 2.24) is 20.4 Å². The maximum Gasteiger partial charge on any atom is 0.410 e. The topological polar surface area (TPSA) is 218 Å². The number of aromatic hydroxyl groups is 1. The van der Waals surface area contributed by atoms with E-state index in [9.17, 15) is 44.7 Å². The van der Waals surface area contributed by atoms with E-state index >= 15 is 0 Å². The summed E-state index contributed by atoms with van der Waals surface area (Å²) < 4.78 is 11.7. The van der Waals surface area contributed by atoms with Crippen LogP contribution in [0.15, 0.2) is 12.1 Å². The molecule has 0 bridgehead atoms. The number of phenols is 1. The molecule has 3 heterocycles. The summed E-state index contributed by atoms with van der Waals surface area (Å²) >= 11 is 0. The number of carboxylic acid groups (broad SMARTS) is 1. The Kier molecular flexibility index (Phi) is 11.5. The number of hydrogen-bond donors (Lipinski definition) is 7. The summed E-state index contributed by atoms with van der Waals surface area (Å²) in [4.78, 5) is 54.3. The number of hydrogen-bond acceptors (Lipinski definition) is 11. The molecule has 1 spiro atoms. The van der Waals surface area contributed by atoms with Gasteiger partial charge in [0.15, 0.2) is 5.60 Å². The van der Waals surface area contributed by atoms with E-state index in [0.717, 1.165) is 12.8 Å². The lowest BCUT2D eigenvalue weighted by molar-refractivity contribution is -0.232. The number of piperidine rings is 1. The van der Waals surface area contributed by atoms with Crippen LogP contribution in [-0.4, -0.2) is 140 Å². The van der Waals surface area contributed by atoms with E-state index in [-0.39, 0.29) is 23.3 Å². The van der Waals surface area contributed by atoms with Gasteiger partial charge in [-0.15, -0.1) is 0 Å². The zero-order chi connectivity index (χ0) is 36.5. The SMILES string of the molecule is CC(=O)N[C@H]1[C@H]([C@H](O)[C@H](O)CNC(=O)c2cc(C)c(O)c(C)c2)O[C@@](CN2CCCC3(CCN(C(=O)OC(C)(C)C)C3)C2)(C(=O)O)C[C@@H]1O. The predicted octanol–water partition coefficient (Wildman–Crippen LogP) is 0.662. The molecule has 274 valence electrons. The Labute approximate surface area is 286 Å². The monoisotopic (exact) mass is 692 g/mol. The molecule has 3 fully saturated rings. The van der Waals surface area contributed by atoms with Crippen molar-refractivity contribution < 1.29 is 54.2 Å². The van der Waals surface area contributed by atoms with Crippen molar-refractivity contribution in [1.29, 1.82) is 0 Å². The molecule has 1 aromatic carbocycles. The van der Waals surface area contributed by atoms with Gasteiger partial charge in [0, 0.05) is 57.0 Å². The third kappa shape index (κ3) is 9.00. The first-order valence-corrected chi connectivity index (χ1v) is 16.8. The average molecular weight is 693 g/mol. The minimum Gasteiger partial charge on any atom is -0.507 e. The number of carbonyl (C=O) groups is 4. The van der Waals surface area contributed by atoms with Crippen LogP contribution in [0.25, 0.3) is 0 Å². The van der Waals surface area contributed by atoms with Gasteiger partial charge in [0.2, 0.25) is 5.91 Å². The number of amides is 3. The number of carboxylic acids is 1. The van der Waals surface area contributed by atoms with Gasteiger partial charge < -0.3 is 50.5 Å². The first-order chi connectivity index (χ1) is 22.7. The highest BCUT2D eigenvalue weighted by Crippen LogP contribution is 2.41. The van der Waals surface area contributed by atoms with E-state index in [1.807, 2.05) is 4.90 Å². The molecule has 1 unspecified atom stereocenters. The van der Waals surface area contributed by atoms with Gasteiger partial charge in [-0.3, -0.25) is 14.5 Å². The molecule has 15 heteroatoms. The number of phenolic OH excluding ortho intramolecular Hbond substituents is 1. The maximum absolute atomic E-state index is 13.0. The molecule has 15 nitrogen and oxygen atoms in total. The minimum absolute atomic E-state index is 0.0525. The van der Waals surface area contributed by atoms with Gasteiger partial charge in [-0.05, 0) is 83.7 Å². The lowest BCUT2D eigenvalue weighted by Gasteiger charge is -2.50. The first-order valence-electron chi connectivity index (χ1n) is 16.8. The summed E-state index contributed by atoms with van der Waals surface area (Å²) in [5, 5.41) is 59.2. The van der Waals surface area contributed by atoms with Crippen molar-refractivity contribution in [3.63, 3.8) is 0 Å². The predicted molar refractivity (Wildman–Crippen MR) is 176 cm³/mol. The van der Waals surface area contributed by atoms with Crippen molar-refractivity contribution in [2.24, 2.45) is 5.41 Å². The van der Waals surface area contributed by atoms with Crippen LogP contribution in [0.3, 0.4) is 0 Å². The normalized spacial score (nSPS) is 28.9. The highest BCUT2D eigenvalue weighted by Gasteiger charge is 2.56. The molecule has 3 amide bonds. The molecule has 7 N–H and O–H groups in total. The van der Waals surface area contributed by atoms with Gasteiger partial charge in [-0.1, -0.05) is 0 Å². The number of likely N-dealkylation sites (tertiary alicyclic amines) is 2. The molecular weight excluding hydrogens is 640 g/mol. The lowest BCUT2D eigenvalue weighted by atomic mass is 9.78. The number of aliphatic hydroxyl groups is 3. The fraction of sp³-hybridized carbons (Fsp3) is 0.706. The van der Waals surface area contributed by atoms with Gasteiger partial charge in [0.25, 0.3) is 5.91 Å². The molecule has 1 aromatic rings. The smallest absolute Gasteiger partial charge is 0.410 e. The number of aryl methyl sites for hydroxylation is 2. The Morgan fingerprint density at radius 3 is 2.33 bits per heavy atom. The van der Waals surface area contributed by atoms with Crippen LogP contribution in [0, 0.1) is 19.3 Å². The van der Waals surface area contributed by atoms with Crippen LogP contribution in [0.1, 0.15) is 74.9 Å². The standard InChI is InChI=1S/C34H52N4O11/c1-19-12-22(13-20(2)26(19)42)29(44)35-15-24(41)27(43)28-25(36-21(3)39)23(40)14-34(48-28,30(45)46)18-37-10-7-8-33(16-37)9-11-38(17-33)31(47)49-32(4,5)6/h12-13,23-25,27-28,40-43H,7-11,14-18H2,1-6H3,(H,35,44)(H,36,39)(H,45,46)/t23-,24+,25+,27+,28+,33?,34-/m0/s1. The van der Waals surface area contributed by atoms with E-state index in [1.54, 1.807) is 39.5 Å². The fourth-order valence-corrected chi connectivity index (χ4v) is 7.35. The van der Waals surface area contributed by atoms with Crippen LogP contribution in [0.2, 0.25) is 0 Å². The highest BCUT2D eigenvalue weighted by atomic mass is 16.6. The van der Waals surface area contributed by atoms with Gasteiger partial charge >= 0.3 is 12.1 Å². The summed E-state index contributed by atoms with van der Waals surface area (Å²) in [7, 11) is 0. The molecule has 4 rings (SSSR count). The number of rotatable bonds is 9. The summed E-state index contributed by atoms with van der Waals surface area (Å²) in [5.41, 5.74) is -1.78. The minimum atomic E-state index is -2.02. The number of aliphatic carboxylic acids is 1. The number of benzene rings is 1. The number of ether oxygens (including phenoxy) is 2. The number of carbonyl (C=O) groups excluding carboxylic acids is 3. The Morgan fingerprint density at radius 2 is 1.73 bits per heavy atom. The van der Waals surface area contributed by atoms with E-state index in [2.05, 4.69) is 10.6 Å². The van der Waals surface area contributed by atoms with Crippen LogP contribution < -0.4 is 10.6 Å². The Balaban J connectivity index is 1.49. The van der Waals surface area contributed by atoms with E-state index in [0.29, 0.717) is 43.7 Å². The van der Waals surface area contributed by atoms with Crippen molar-refractivity contribution >= 4 is 23.9 Å². The molecule has 49 heavy (non-hydrogen) atoms. The molecule has 0 aliphatic carbocycles. The number of nitrogens with one attached hydrogen (secondary N) is 2. The largest absolute Gasteiger partial charge is 0.507 e. The zero-order valence-corrected chi connectivity index (χ0v) is 29.2. The number of aliphatic hydroxyl groups excluding tert-OH is 3. The maximum atomic E-state index is 13.0. The second kappa shape index (κ2) is 14.8. The van der Waals surface area contributed by atoms with E-state index < -0.39 is 78.5 Å². The van der Waals surface area contributed by atoms with Crippen molar-refractivity contribution in [3.05, 3.63) is 28.8 Å².